The number of methoxy groups -OCH3 is 1. The molecule has 100 valence electrons. The molecule has 0 aromatic carbocycles. The van der Waals surface area contributed by atoms with E-state index in [9.17, 15) is 0 Å². The highest BCUT2D eigenvalue weighted by Crippen LogP contribution is 2.27. The molecule has 1 N–H and O–H groups in total. The lowest BCUT2D eigenvalue weighted by atomic mass is 10.1. The topological polar surface area (TPSA) is 50.3 Å². The van der Waals surface area contributed by atoms with Gasteiger partial charge in [-0.1, -0.05) is 11.6 Å². The summed E-state index contributed by atoms with van der Waals surface area (Å²) in [6.45, 7) is 4.65. The van der Waals surface area contributed by atoms with Gasteiger partial charge in [-0.3, -0.25) is 0 Å². The van der Waals surface area contributed by atoms with Gasteiger partial charge in [0, 0.05) is 26.7 Å². The van der Waals surface area contributed by atoms with Crippen LogP contribution in [-0.4, -0.2) is 42.8 Å². The van der Waals surface area contributed by atoms with Gasteiger partial charge in [-0.05, 0) is 19.8 Å². The smallest absolute Gasteiger partial charge is 0.224 e. The molecule has 0 radical (unpaired) electrons. The van der Waals surface area contributed by atoms with Crippen LogP contribution in [-0.2, 0) is 4.74 Å². The highest BCUT2D eigenvalue weighted by Gasteiger charge is 2.21. The molecule has 0 spiro atoms. The Kier molecular flexibility index (Phi) is 4.60. The van der Waals surface area contributed by atoms with E-state index in [1.165, 1.54) is 0 Å². The van der Waals surface area contributed by atoms with Gasteiger partial charge in [-0.15, -0.1) is 0 Å². The Labute approximate surface area is 113 Å². The number of hydrogen-bond donors (Lipinski definition) is 1. The Morgan fingerprint density at radius 3 is 2.83 bits per heavy atom. The van der Waals surface area contributed by atoms with Gasteiger partial charge in [0.05, 0.1) is 12.3 Å². The molecule has 2 rings (SSSR count). The zero-order valence-corrected chi connectivity index (χ0v) is 11.6. The SMILES string of the molecule is CCNc1ncc(Cl)c(N2CCC(OC)CC2)n1. The van der Waals surface area contributed by atoms with Crippen molar-refractivity contribution in [3.63, 3.8) is 0 Å². The highest BCUT2D eigenvalue weighted by atomic mass is 35.5. The minimum atomic E-state index is 0.357. The van der Waals surface area contributed by atoms with E-state index in [1.807, 2.05) is 6.92 Å². The molecule has 1 aliphatic heterocycles. The second-order valence-electron chi connectivity index (χ2n) is 4.32. The molecule has 6 heteroatoms. The van der Waals surface area contributed by atoms with Gasteiger partial charge in [-0.25, -0.2) is 4.98 Å². The standard InChI is InChI=1S/C12H19ClN4O/c1-3-14-12-15-8-10(13)11(16-12)17-6-4-9(18-2)5-7-17/h8-9H,3-7H2,1-2H3,(H,14,15,16). The van der Waals surface area contributed by atoms with E-state index in [0.29, 0.717) is 17.1 Å². The van der Waals surface area contributed by atoms with Crippen LogP contribution in [0, 0.1) is 0 Å². The van der Waals surface area contributed by atoms with Gasteiger partial charge in [0.25, 0.3) is 0 Å². The summed E-state index contributed by atoms with van der Waals surface area (Å²) < 4.78 is 5.36. The molecule has 2 heterocycles. The predicted octanol–water partition coefficient (Wildman–Crippen LogP) is 2.18. The molecule has 18 heavy (non-hydrogen) atoms. The Morgan fingerprint density at radius 1 is 1.50 bits per heavy atom. The molecule has 0 bridgehead atoms. The van der Waals surface area contributed by atoms with Crippen molar-refractivity contribution in [2.24, 2.45) is 0 Å². The minimum Gasteiger partial charge on any atom is -0.381 e. The van der Waals surface area contributed by atoms with Crippen LogP contribution in [0.25, 0.3) is 0 Å². The first kappa shape index (κ1) is 13.4. The minimum absolute atomic E-state index is 0.357. The van der Waals surface area contributed by atoms with E-state index in [4.69, 9.17) is 16.3 Å². The molecule has 0 saturated carbocycles. The van der Waals surface area contributed by atoms with E-state index in [1.54, 1.807) is 13.3 Å². The predicted molar refractivity (Wildman–Crippen MR) is 73.4 cm³/mol. The zero-order chi connectivity index (χ0) is 13.0. The monoisotopic (exact) mass is 270 g/mol. The molecule has 1 aromatic heterocycles. The third-order valence-corrected chi connectivity index (χ3v) is 3.40. The number of nitrogens with zero attached hydrogens (tertiary/aromatic N) is 3. The first-order valence-electron chi connectivity index (χ1n) is 6.28. The molecule has 5 nitrogen and oxygen atoms in total. The van der Waals surface area contributed by atoms with Crippen molar-refractivity contribution in [2.75, 3.05) is 37.0 Å². The van der Waals surface area contributed by atoms with Crippen LogP contribution in [0.5, 0.6) is 0 Å². The van der Waals surface area contributed by atoms with E-state index in [-0.39, 0.29) is 0 Å². The number of hydrogen-bond acceptors (Lipinski definition) is 5. The van der Waals surface area contributed by atoms with Gasteiger partial charge in [0.1, 0.15) is 5.02 Å². The Bertz CT molecular complexity index is 394. The summed E-state index contributed by atoms with van der Waals surface area (Å²) in [5.74, 6) is 1.45. The fraction of sp³-hybridized carbons (Fsp3) is 0.667. The molecule has 0 amide bonds. The van der Waals surface area contributed by atoms with Crippen LogP contribution in [0.4, 0.5) is 11.8 Å². The molecule has 1 aromatic rings. The van der Waals surface area contributed by atoms with Crippen molar-refractivity contribution in [3.8, 4) is 0 Å². The molecule has 0 atom stereocenters. The van der Waals surface area contributed by atoms with E-state index >= 15 is 0 Å². The maximum absolute atomic E-state index is 6.17. The van der Waals surface area contributed by atoms with Crippen molar-refractivity contribution >= 4 is 23.4 Å². The second-order valence-corrected chi connectivity index (χ2v) is 4.72. The van der Waals surface area contributed by atoms with Crippen LogP contribution < -0.4 is 10.2 Å². The number of halogens is 1. The summed E-state index contributed by atoms with van der Waals surface area (Å²) in [5.41, 5.74) is 0. The Morgan fingerprint density at radius 2 is 2.22 bits per heavy atom. The van der Waals surface area contributed by atoms with Crippen molar-refractivity contribution in [3.05, 3.63) is 11.2 Å². The lowest BCUT2D eigenvalue weighted by Crippen LogP contribution is -2.37. The van der Waals surface area contributed by atoms with Crippen LogP contribution >= 0.6 is 11.6 Å². The Hall–Kier alpha value is -1.07. The van der Waals surface area contributed by atoms with Crippen molar-refractivity contribution in [1.29, 1.82) is 0 Å². The van der Waals surface area contributed by atoms with Crippen LogP contribution in [0.15, 0.2) is 6.20 Å². The van der Waals surface area contributed by atoms with Crippen molar-refractivity contribution < 1.29 is 4.74 Å². The van der Waals surface area contributed by atoms with Gasteiger partial charge in [0.2, 0.25) is 5.95 Å². The maximum atomic E-state index is 6.17. The van der Waals surface area contributed by atoms with Crippen molar-refractivity contribution in [2.45, 2.75) is 25.9 Å². The fourth-order valence-electron chi connectivity index (χ4n) is 2.13. The van der Waals surface area contributed by atoms with Crippen LogP contribution in [0.3, 0.4) is 0 Å². The first-order valence-corrected chi connectivity index (χ1v) is 6.66. The van der Waals surface area contributed by atoms with E-state index in [2.05, 4.69) is 20.2 Å². The second kappa shape index (κ2) is 6.20. The molecule has 0 aliphatic carbocycles. The number of ether oxygens (including phenoxy) is 1. The summed E-state index contributed by atoms with van der Waals surface area (Å²) in [4.78, 5) is 10.8. The van der Waals surface area contributed by atoms with E-state index < -0.39 is 0 Å². The molecule has 0 unspecified atom stereocenters. The number of rotatable bonds is 4. The molecule has 1 fully saturated rings. The summed E-state index contributed by atoms with van der Waals surface area (Å²) in [6.07, 6.45) is 4.03. The number of anilines is 2. The van der Waals surface area contributed by atoms with Gasteiger partial charge in [0.15, 0.2) is 5.82 Å². The lowest BCUT2D eigenvalue weighted by Gasteiger charge is -2.32. The quantitative estimate of drug-likeness (QED) is 0.909. The number of piperidine rings is 1. The normalized spacial score (nSPS) is 16.9. The average molecular weight is 271 g/mol. The average Bonchev–Trinajstić information content (AvgIpc) is 2.41. The summed E-state index contributed by atoms with van der Waals surface area (Å²) in [7, 11) is 1.77. The Balaban J connectivity index is 2.10. The molecule has 1 saturated heterocycles. The summed E-state index contributed by atoms with van der Waals surface area (Å²) in [6, 6.07) is 0. The highest BCUT2D eigenvalue weighted by molar-refractivity contribution is 6.32. The molecular weight excluding hydrogens is 252 g/mol. The van der Waals surface area contributed by atoms with Crippen LogP contribution in [0.2, 0.25) is 5.02 Å². The third kappa shape index (κ3) is 3.03. The number of aromatic nitrogens is 2. The largest absolute Gasteiger partial charge is 0.381 e. The molecular formula is C12H19ClN4O. The third-order valence-electron chi connectivity index (χ3n) is 3.14. The van der Waals surface area contributed by atoms with Crippen molar-refractivity contribution in [1.82, 2.24) is 9.97 Å². The fourth-order valence-corrected chi connectivity index (χ4v) is 2.34. The zero-order valence-electron chi connectivity index (χ0n) is 10.8. The molecule has 1 aliphatic rings. The first-order chi connectivity index (χ1) is 8.74. The van der Waals surface area contributed by atoms with E-state index in [0.717, 1.165) is 38.3 Å². The number of nitrogens with one attached hydrogen (secondary N) is 1. The lowest BCUT2D eigenvalue weighted by molar-refractivity contribution is 0.0818. The summed E-state index contributed by atoms with van der Waals surface area (Å²) in [5, 5.41) is 3.71. The van der Waals surface area contributed by atoms with Gasteiger partial charge >= 0.3 is 0 Å². The van der Waals surface area contributed by atoms with Gasteiger partial charge < -0.3 is 15.0 Å². The maximum Gasteiger partial charge on any atom is 0.224 e. The van der Waals surface area contributed by atoms with Crippen LogP contribution in [0.1, 0.15) is 19.8 Å². The van der Waals surface area contributed by atoms with Gasteiger partial charge in [-0.2, -0.15) is 4.98 Å². The summed E-state index contributed by atoms with van der Waals surface area (Å²) >= 11 is 6.17.